The molecule has 2 atom stereocenters. The molecule has 0 aliphatic carbocycles. The van der Waals surface area contributed by atoms with Crippen LogP contribution in [0.1, 0.15) is 88.2 Å². The second-order valence-corrected chi connectivity index (χ2v) is 14.0. The molecule has 0 spiro atoms. The third-order valence-corrected chi connectivity index (χ3v) is 10.1. The predicted octanol–water partition coefficient (Wildman–Crippen LogP) is 4.89. The van der Waals surface area contributed by atoms with Crippen LogP contribution >= 0.6 is 0 Å². The van der Waals surface area contributed by atoms with E-state index in [-0.39, 0.29) is 53.5 Å². The lowest BCUT2D eigenvalue weighted by Gasteiger charge is -2.27. The molecule has 4 heterocycles. The maximum Gasteiger partial charge on any atom is 0.262 e. The Labute approximate surface area is 301 Å². The van der Waals surface area contributed by atoms with Crippen molar-refractivity contribution in [3.63, 3.8) is 0 Å². The van der Waals surface area contributed by atoms with E-state index >= 15 is 0 Å². The van der Waals surface area contributed by atoms with E-state index in [9.17, 15) is 24.0 Å². The summed E-state index contributed by atoms with van der Waals surface area (Å²) in [7, 11) is 0. The number of carbonyl (C=O) groups is 5. The molecule has 266 valence electrons. The second-order valence-electron chi connectivity index (χ2n) is 14.0. The van der Waals surface area contributed by atoms with Crippen molar-refractivity contribution in [2.24, 2.45) is 5.92 Å². The summed E-state index contributed by atoms with van der Waals surface area (Å²) in [6.07, 6.45) is 2.68. The fraction of sp³-hybridized carbons (Fsp3) is 0.325. The maximum atomic E-state index is 13.3. The number of hydrogen-bond donors (Lipinski definition) is 1. The van der Waals surface area contributed by atoms with Crippen LogP contribution in [0.3, 0.4) is 0 Å². The summed E-state index contributed by atoms with van der Waals surface area (Å²) in [6, 6.07) is 22.1. The van der Waals surface area contributed by atoms with Gasteiger partial charge in [-0.15, -0.1) is 0 Å². The number of ether oxygens (including phenoxy) is 2. The van der Waals surface area contributed by atoms with Crippen LogP contribution in [0, 0.1) is 5.92 Å². The molecular formula is C40H39N5O7. The Balaban J connectivity index is 0.918. The first kappa shape index (κ1) is 34.5. The van der Waals surface area contributed by atoms with Crippen molar-refractivity contribution in [1.29, 1.82) is 0 Å². The monoisotopic (exact) mass is 701 g/mol. The average molecular weight is 702 g/mol. The highest BCUT2D eigenvalue weighted by Gasteiger charge is 2.45. The molecule has 7 rings (SSSR count). The summed E-state index contributed by atoms with van der Waals surface area (Å²) >= 11 is 0. The normalized spacial score (nSPS) is 18.8. The Bertz CT molecular complexity index is 2060. The number of anilines is 1. The number of nitrogens with one attached hydrogen (secondary N) is 1. The van der Waals surface area contributed by atoms with Crippen LogP contribution in [0.4, 0.5) is 5.69 Å². The number of aromatic nitrogens is 2. The zero-order chi connectivity index (χ0) is 36.6. The highest BCUT2D eigenvalue weighted by atomic mass is 16.5. The molecule has 12 nitrogen and oxygen atoms in total. The van der Waals surface area contributed by atoms with E-state index in [1.807, 2.05) is 30.3 Å². The number of amides is 4. The molecule has 3 aliphatic heterocycles. The van der Waals surface area contributed by atoms with Crippen LogP contribution in [0.15, 0.2) is 79.0 Å². The number of benzene rings is 3. The van der Waals surface area contributed by atoms with E-state index in [0.29, 0.717) is 18.1 Å². The van der Waals surface area contributed by atoms with Gasteiger partial charge in [0.2, 0.25) is 11.8 Å². The minimum absolute atomic E-state index is 0.0828. The summed E-state index contributed by atoms with van der Waals surface area (Å²) < 4.78 is 12.1. The Kier molecular flexibility index (Phi) is 9.31. The van der Waals surface area contributed by atoms with Gasteiger partial charge in [0.15, 0.2) is 11.6 Å². The Morgan fingerprint density at radius 3 is 2.21 bits per heavy atom. The molecule has 3 aliphatic rings. The van der Waals surface area contributed by atoms with Gasteiger partial charge in [0.1, 0.15) is 24.1 Å². The van der Waals surface area contributed by atoms with Gasteiger partial charge >= 0.3 is 0 Å². The molecule has 3 aromatic carbocycles. The van der Waals surface area contributed by atoms with Gasteiger partial charge in [-0.1, -0.05) is 38.1 Å². The van der Waals surface area contributed by atoms with Crippen LogP contribution in [0.25, 0.3) is 0 Å². The Hall–Kier alpha value is -5.91. The first-order valence-corrected chi connectivity index (χ1v) is 17.4. The number of rotatable bonds is 11. The summed E-state index contributed by atoms with van der Waals surface area (Å²) in [5, 5.41) is 2.23. The predicted molar refractivity (Wildman–Crippen MR) is 190 cm³/mol. The molecule has 0 radical (unpaired) electrons. The zero-order valence-corrected chi connectivity index (χ0v) is 29.3. The number of Topliss-reactive ketones (excluding diaryl/α,β-unsaturated/α-hetero) is 1. The van der Waals surface area contributed by atoms with Crippen molar-refractivity contribution in [1.82, 2.24) is 20.2 Å². The van der Waals surface area contributed by atoms with Crippen molar-refractivity contribution >= 4 is 35.1 Å². The molecular weight excluding hydrogens is 662 g/mol. The van der Waals surface area contributed by atoms with Crippen LogP contribution < -0.4 is 19.7 Å². The van der Waals surface area contributed by atoms with E-state index in [2.05, 4.69) is 58.3 Å². The van der Waals surface area contributed by atoms with Crippen LogP contribution in [0.5, 0.6) is 11.5 Å². The van der Waals surface area contributed by atoms with E-state index in [0.717, 1.165) is 47.0 Å². The average Bonchev–Trinajstić information content (AvgIpc) is 3.72. The summed E-state index contributed by atoms with van der Waals surface area (Å²) in [5.74, 6) is -0.285. The van der Waals surface area contributed by atoms with E-state index in [1.54, 1.807) is 24.4 Å². The van der Waals surface area contributed by atoms with Gasteiger partial charge < -0.3 is 14.4 Å². The molecule has 4 aromatic rings. The smallest absolute Gasteiger partial charge is 0.262 e. The largest absolute Gasteiger partial charge is 0.493 e. The SMILES string of the molecule is CC(=O)c1nccc(COc2ccc(C(C)(C)c3ccc(OCC4CCN(c5ccc6c(c5)C(=O)N(C5CCC(=O)NC5=O)C6=O)C4)cc3)cc2)n1. The minimum atomic E-state index is -0.985. The van der Waals surface area contributed by atoms with Gasteiger partial charge in [0.05, 0.1) is 23.4 Å². The van der Waals surface area contributed by atoms with Crippen molar-refractivity contribution in [3.05, 3.63) is 113 Å². The quantitative estimate of drug-likeness (QED) is 0.169. The lowest BCUT2D eigenvalue weighted by Crippen LogP contribution is -2.54. The van der Waals surface area contributed by atoms with E-state index in [1.165, 1.54) is 6.92 Å². The first-order chi connectivity index (χ1) is 25.0. The van der Waals surface area contributed by atoms with Gasteiger partial charge in [-0.2, -0.15) is 0 Å². The van der Waals surface area contributed by atoms with Crippen LogP contribution in [-0.4, -0.2) is 70.0 Å². The number of imide groups is 2. The minimum Gasteiger partial charge on any atom is -0.493 e. The first-order valence-electron chi connectivity index (χ1n) is 17.4. The molecule has 52 heavy (non-hydrogen) atoms. The topological polar surface area (TPSA) is 148 Å². The van der Waals surface area contributed by atoms with Gasteiger partial charge in [-0.25, -0.2) is 9.97 Å². The van der Waals surface area contributed by atoms with Gasteiger partial charge in [-0.05, 0) is 72.5 Å². The van der Waals surface area contributed by atoms with Crippen molar-refractivity contribution in [3.8, 4) is 11.5 Å². The fourth-order valence-electron chi connectivity index (χ4n) is 6.98. The molecule has 0 bridgehead atoms. The van der Waals surface area contributed by atoms with Crippen LogP contribution in [0.2, 0.25) is 0 Å². The molecule has 2 fully saturated rings. The van der Waals surface area contributed by atoms with Gasteiger partial charge in [0.25, 0.3) is 11.8 Å². The second kappa shape index (κ2) is 14.0. The highest BCUT2D eigenvalue weighted by molar-refractivity contribution is 6.23. The number of fused-ring (bicyclic) bond motifs is 1. The Morgan fingerprint density at radius 1 is 0.865 bits per heavy atom. The Morgan fingerprint density at radius 2 is 1.54 bits per heavy atom. The lowest BCUT2D eigenvalue weighted by atomic mass is 9.78. The number of ketones is 1. The molecule has 4 amide bonds. The number of piperidine rings is 1. The number of hydrogen-bond acceptors (Lipinski definition) is 10. The third-order valence-electron chi connectivity index (χ3n) is 10.1. The number of carbonyl (C=O) groups excluding carboxylic acids is 5. The van der Waals surface area contributed by atoms with Crippen molar-refractivity contribution in [2.75, 3.05) is 24.6 Å². The summed E-state index contributed by atoms with van der Waals surface area (Å²) in [5.41, 5.74) is 4.02. The third kappa shape index (κ3) is 6.88. The standard InChI is InChI=1S/C40H39N5O7/c1-24(46)36-41-18-16-28(42-36)23-52-31-11-6-27(7-12-31)40(2,3)26-4-9-30(10-5-26)51-22-25-17-19-44(21-25)29-8-13-32-33(20-29)39(50)45(38(32)49)34-14-15-35(47)43-37(34)48/h4-13,16,18,20,25,34H,14-15,17,19,21-23H2,1-3H3,(H,43,47,48). The van der Waals surface area contributed by atoms with Gasteiger partial charge in [-0.3, -0.25) is 34.2 Å². The van der Waals surface area contributed by atoms with Crippen LogP contribution in [-0.2, 0) is 21.6 Å². The molecule has 12 heteroatoms. The molecule has 1 aromatic heterocycles. The fourth-order valence-corrected chi connectivity index (χ4v) is 6.98. The number of nitrogens with zero attached hydrogens (tertiary/aromatic N) is 4. The summed E-state index contributed by atoms with van der Waals surface area (Å²) in [6.45, 7) is 8.07. The molecule has 2 saturated heterocycles. The molecule has 1 N–H and O–H groups in total. The zero-order valence-electron chi connectivity index (χ0n) is 29.3. The van der Waals surface area contributed by atoms with Gasteiger partial charge in [0, 0.05) is 49.7 Å². The van der Waals surface area contributed by atoms with E-state index < -0.39 is 29.7 Å². The van der Waals surface area contributed by atoms with E-state index in [4.69, 9.17) is 9.47 Å². The summed E-state index contributed by atoms with van der Waals surface area (Å²) in [4.78, 5) is 73.3. The van der Waals surface area contributed by atoms with Crippen molar-refractivity contribution in [2.45, 2.75) is 58.1 Å². The molecule has 2 unspecified atom stereocenters. The lowest BCUT2D eigenvalue weighted by molar-refractivity contribution is -0.136. The molecule has 0 saturated carbocycles. The maximum absolute atomic E-state index is 13.3. The highest BCUT2D eigenvalue weighted by Crippen LogP contribution is 2.35. The van der Waals surface area contributed by atoms with Crippen molar-refractivity contribution < 1.29 is 33.4 Å².